The van der Waals surface area contributed by atoms with Gasteiger partial charge in [-0.2, -0.15) is 0 Å². The van der Waals surface area contributed by atoms with Crippen molar-refractivity contribution in [2.24, 2.45) is 23.3 Å². The first-order valence-corrected chi connectivity index (χ1v) is 7.18. The summed E-state index contributed by atoms with van der Waals surface area (Å²) < 4.78 is 0. The van der Waals surface area contributed by atoms with Crippen LogP contribution in [0.15, 0.2) is 0 Å². The van der Waals surface area contributed by atoms with E-state index in [1.807, 2.05) is 0 Å². The molecule has 18 heavy (non-hydrogen) atoms. The molecule has 0 radical (unpaired) electrons. The van der Waals surface area contributed by atoms with Crippen molar-refractivity contribution in [1.29, 1.82) is 21.6 Å². The molecule has 0 heterocycles. The summed E-state index contributed by atoms with van der Waals surface area (Å²) in [7, 11) is 0. The van der Waals surface area contributed by atoms with Crippen LogP contribution in [0.25, 0.3) is 0 Å². The van der Waals surface area contributed by atoms with Crippen LogP contribution in [-0.4, -0.2) is 20.4 Å². The number of nitrogens with one attached hydrogen (secondary N) is 4. The molecule has 1 saturated carbocycles. The predicted molar refractivity (Wildman–Crippen MR) is 79.9 cm³/mol. The highest BCUT2D eigenvalue weighted by molar-refractivity contribution is 8.26. The van der Waals surface area contributed by atoms with Crippen molar-refractivity contribution in [3.63, 3.8) is 0 Å². The Morgan fingerprint density at radius 2 is 1.17 bits per heavy atom. The fraction of sp³-hybridized carbons (Fsp3) is 0.600. The Morgan fingerprint density at radius 1 is 0.833 bits per heavy atom. The summed E-state index contributed by atoms with van der Waals surface area (Å²) in [5.41, 5.74) is 10.4. The molecule has 0 bridgehead atoms. The van der Waals surface area contributed by atoms with Crippen molar-refractivity contribution in [3.8, 4) is 0 Å². The Morgan fingerprint density at radius 3 is 1.44 bits per heavy atom. The molecule has 8 N–H and O–H groups in total. The number of rotatable bonds is 4. The average molecular weight is 286 g/mol. The van der Waals surface area contributed by atoms with Gasteiger partial charge in [-0.05, 0) is 61.0 Å². The summed E-state index contributed by atoms with van der Waals surface area (Å²) in [6, 6.07) is 0. The molecule has 0 amide bonds. The molecule has 1 aliphatic rings. The number of nitrogens with two attached hydrogens (primary N) is 2. The molecule has 0 aromatic carbocycles. The first kappa shape index (κ1) is 15.0. The molecule has 0 aromatic heterocycles. The Hall–Kier alpha value is -1.02. The van der Waals surface area contributed by atoms with E-state index in [1.165, 1.54) is 0 Å². The SMILES string of the molecule is N=C(N)SC(=N)CC1CC(CC(=N)SC(=N)N)C1. The normalized spacial score (nSPS) is 22.0. The van der Waals surface area contributed by atoms with Crippen molar-refractivity contribution in [2.45, 2.75) is 25.7 Å². The Labute approximate surface area is 115 Å². The van der Waals surface area contributed by atoms with Crippen LogP contribution in [0, 0.1) is 33.5 Å². The highest BCUT2D eigenvalue weighted by atomic mass is 32.2. The standard InChI is InChI=1S/C10H18N6S2/c11-7(17-9(13)14)3-5-1-6(2-5)4-8(12)18-10(15)16/h5-6,11-12H,1-4H2,(H3,13,14)(H3,15,16). The van der Waals surface area contributed by atoms with E-state index in [1.54, 1.807) is 0 Å². The molecule has 1 fully saturated rings. The Balaban J connectivity index is 2.16. The lowest BCUT2D eigenvalue weighted by molar-refractivity contribution is 0.208. The Bertz CT molecular complexity index is 341. The van der Waals surface area contributed by atoms with Gasteiger partial charge in [-0.1, -0.05) is 0 Å². The summed E-state index contributed by atoms with van der Waals surface area (Å²) in [6.45, 7) is 0. The second-order valence-corrected chi connectivity index (χ2v) is 6.66. The van der Waals surface area contributed by atoms with Crippen molar-refractivity contribution in [2.75, 3.05) is 0 Å². The number of amidine groups is 2. The van der Waals surface area contributed by atoms with Gasteiger partial charge in [0.2, 0.25) is 0 Å². The lowest BCUT2D eigenvalue weighted by atomic mass is 9.72. The predicted octanol–water partition coefficient (Wildman–Crippen LogP) is 2.00. The molecule has 0 atom stereocenters. The van der Waals surface area contributed by atoms with E-state index in [2.05, 4.69) is 0 Å². The van der Waals surface area contributed by atoms with Crippen LogP contribution in [0.4, 0.5) is 0 Å². The fourth-order valence-electron chi connectivity index (χ4n) is 2.08. The van der Waals surface area contributed by atoms with Crippen LogP contribution in [0.1, 0.15) is 25.7 Å². The van der Waals surface area contributed by atoms with Crippen LogP contribution in [0.3, 0.4) is 0 Å². The van der Waals surface area contributed by atoms with Gasteiger partial charge >= 0.3 is 0 Å². The first-order chi connectivity index (χ1) is 8.36. The van der Waals surface area contributed by atoms with Crippen LogP contribution in [0.5, 0.6) is 0 Å². The van der Waals surface area contributed by atoms with Gasteiger partial charge in [0.05, 0.1) is 10.1 Å². The molecule has 0 unspecified atom stereocenters. The molecule has 8 heteroatoms. The molecule has 0 spiro atoms. The van der Waals surface area contributed by atoms with Gasteiger partial charge in [0, 0.05) is 0 Å². The van der Waals surface area contributed by atoms with E-state index in [0.717, 1.165) is 36.4 Å². The monoisotopic (exact) mass is 286 g/mol. The highest BCUT2D eigenvalue weighted by Crippen LogP contribution is 2.40. The maximum Gasteiger partial charge on any atom is 0.157 e. The maximum absolute atomic E-state index is 7.64. The quantitative estimate of drug-likeness (QED) is 0.346. The van der Waals surface area contributed by atoms with E-state index in [-0.39, 0.29) is 10.3 Å². The minimum atomic E-state index is -0.0319. The van der Waals surface area contributed by atoms with E-state index in [0.29, 0.717) is 34.8 Å². The largest absolute Gasteiger partial charge is 0.378 e. The molecule has 6 nitrogen and oxygen atoms in total. The zero-order valence-electron chi connectivity index (χ0n) is 9.95. The minimum Gasteiger partial charge on any atom is -0.378 e. The fourth-order valence-corrected chi connectivity index (χ4v) is 3.25. The number of thioether (sulfide) groups is 2. The zero-order chi connectivity index (χ0) is 13.7. The summed E-state index contributed by atoms with van der Waals surface area (Å²) in [4.78, 5) is 0. The summed E-state index contributed by atoms with van der Waals surface area (Å²) in [5, 5.41) is 30.3. The summed E-state index contributed by atoms with van der Waals surface area (Å²) >= 11 is 2.02. The lowest BCUT2D eigenvalue weighted by Crippen LogP contribution is -2.27. The van der Waals surface area contributed by atoms with Gasteiger partial charge < -0.3 is 11.5 Å². The van der Waals surface area contributed by atoms with Crippen LogP contribution in [0.2, 0.25) is 0 Å². The van der Waals surface area contributed by atoms with E-state index in [9.17, 15) is 0 Å². The third-order valence-electron chi connectivity index (χ3n) is 2.75. The van der Waals surface area contributed by atoms with Gasteiger partial charge in [-0.25, -0.2) is 0 Å². The highest BCUT2D eigenvalue weighted by Gasteiger charge is 2.30. The molecular formula is C10H18N6S2. The van der Waals surface area contributed by atoms with Crippen LogP contribution >= 0.6 is 23.5 Å². The molecule has 0 saturated heterocycles. The molecule has 0 aliphatic heterocycles. The summed E-state index contributed by atoms with van der Waals surface area (Å²) in [6.07, 6.45) is 3.35. The third-order valence-corrected chi connectivity index (χ3v) is 4.01. The molecular weight excluding hydrogens is 268 g/mol. The van der Waals surface area contributed by atoms with Crippen molar-refractivity contribution in [1.82, 2.24) is 0 Å². The van der Waals surface area contributed by atoms with Gasteiger partial charge in [0.1, 0.15) is 0 Å². The van der Waals surface area contributed by atoms with Gasteiger partial charge in [0.25, 0.3) is 0 Å². The first-order valence-electron chi connectivity index (χ1n) is 5.55. The second kappa shape index (κ2) is 6.79. The van der Waals surface area contributed by atoms with Crippen LogP contribution < -0.4 is 11.5 Å². The van der Waals surface area contributed by atoms with Gasteiger partial charge in [0.15, 0.2) is 10.3 Å². The second-order valence-electron chi connectivity index (χ2n) is 4.39. The molecule has 100 valence electrons. The number of hydrogen-bond donors (Lipinski definition) is 6. The van der Waals surface area contributed by atoms with Crippen molar-refractivity contribution in [3.05, 3.63) is 0 Å². The zero-order valence-corrected chi connectivity index (χ0v) is 11.6. The van der Waals surface area contributed by atoms with Crippen LogP contribution in [-0.2, 0) is 0 Å². The smallest absolute Gasteiger partial charge is 0.157 e. The topological polar surface area (TPSA) is 147 Å². The van der Waals surface area contributed by atoms with Crippen molar-refractivity contribution < 1.29 is 0 Å². The van der Waals surface area contributed by atoms with Gasteiger partial charge in [-0.15, -0.1) is 0 Å². The average Bonchev–Trinajstić information content (AvgIpc) is 2.11. The minimum absolute atomic E-state index is 0.0319. The lowest BCUT2D eigenvalue weighted by Gasteiger charge is -2.35. The van der Waals surface area contributed by atoms with E-state index < -0.39 is 0 Å². The van der Waals surface area contributed by atoms with Crippen molar-refractivity contribution >= 4 is 43.9 Å². The molecule has 0 aromatic rings. The van der Waals surface area contributed by atoms with E-state index >= 15 is 0 Å². The molecule has 1 rings (SSSR count). The number of hydrogen-bond acceptors (Lipinski definition) is 6. The third kappa shape index (κ3) is 5.54. The van der Waals surface area contributed by atoms with Gasteiger partial charge in [-0.3, -0.25) is 21.6 Å². The maximum atomic E-state index is 7.64. The van der Waals surface area contributed by atoms with E-state index in [4.69, 9.17) is 33.1 Å². The summed E-state index contributed by atoms with van der Waals surface area (Å²) in [5.74, 6) is 0.953. The molecule has 1 aliphatic carbocycles. The Kier molecular flexibility index (Phi) is 5.67.